The maximum atomic E-state index is 2.35. The SMILES string of the molecule is CSC[C@H]1C[C@@H](C(C)C)C1. The van der Waals surface area contributed by atoms with Crippen molar-refractivity contribution < 1.29 is 0 Å². The van der Waals surface area contributed by atoms with Gasteiger partial charge in [-0.15, -0.1) is 0 Å². The number of rotatable bonds is 3. The van der Waals surface area contributed by atoms with E-state index >= 15 is 0 Å². The van der Waals surface area contributed by atoms with Crippen molar-refractivity contribution in [2.75, 3.05) is 12.0 Å². The lowest BCUT2D eigenvalue weighted by Crippen LogP contribution is -2.29. The first kappa shape index (κ1) is 8.45. The van der Waals surface area contributed by atoms with Gasteiger partial charge in [-0.25, -0.2) is 0 Å². The predicted molar refractivity (Wildman–Crippen MR) is 49.4 cm³/mol. The lowest BCUT2D eigenvalue weighted by atomic mass is 9.70. The molecule has 10 heavy (non-hydrogen) atoms. The normalized spacial score (nSPS) is 32.4. The Hall–Kier alpha value is 0.350. The Kier molecular flexibility index (Phi) is 3.09. The van der Waals surface area contributed by atoms with E-state index in [9.17, 15) is 0 Å². The van der Waals surface area contributed by atoms with E-state index in [1.807, 2.05) is 11.8 Å². The molecule has 0 aromatic carbocycles. The van der Waals surface area contributed by atoms with Crippen LogP contribution in [0.3, 0.4) is 0 Å². The average Bonchev–Trinajstić information content (AvgIpc) is 1.76. The summed E-state index contributed by atoms with van der Waals surface area (Å²) in [7, 11) is 0. The molecule has 0 aromatic heterocycles. The minimum atomic E-state index is 0.929. The van der Waals surface area contributed by atoms with Gasteiger partial charge in [-0.3, -0.25) is 0 Å². The molecule has 0 bridgehead atoms. The zero-order valence-electron chi connectivity index (χ0n) is 7.26. The summed E-state index contributed by atoms with van der Waals surface area (Å²) in [6, 6.07) is 0. The summed E-state index contributed by atoms with van der Waals surface area (Å²) in [5, 5.41) is 0. The minimum absolute atomic E-state index is 0.929. The van der Waals surface area contributed by atoms with Gasteiger partial charge in [0.1, 0.15) is 0 Å². The third-order valence-corrected chi connectivity index (χ3v) is 3.42. The highest BCUT2D eigenvalue weighted by molar-refractivity contribution is 7.98. The van der Waals surface area contributed by atoms with Crippen molar-refractivity contribution in [3.8, 4) is 0 Å². The highest BCUT2D eigenvalue weighted by atomic mass is 32.2. The number of hydrogen-bond acceptors (Lipinski definition) is 1. The fourth-order valence-electron chi connectivity index (χ4n) is 1.70. The predicted octanol–water partition coefficient (Wildman–Crippen LogP) is 3.03. The van der Waals surface area contributed by atoms with Crippen LogP contribution in [0.25, 0.3) is 0 Å². The fourth-order valence-corrected chi connectivity index (χ4v) is 2.45. The summed E-state index contributed by atoms with van der Waals surface area (Å²) in [4.78, 5) is 0. The molecule has 0 atom stereocenters. The molecule has 0 nitrogen and oxygen atoms in total. The number of hydrogen-bond donors (Lipinski definition) is 0. The molecule has 0 amide bonds. The third kappa shape index (κ3) is 1.91. The highest BCUT2D eigenvalue weighted by Gasteiger charge is 2.30. The van der Waals surface area contributed by atoms with E-state index < -0.39 is 0 Å². The van der Waals surface area contributed by atoms with E-state index in [1.54, 1.807) is 0 Å². The molecule has 0 radical (unpaired) electrons. The molecule has 1 saturated carbocycles. The van der Waals surface area contributed by atoms with Crippen LogP contribution < -0.4 is 0 Å². The molecular weight excluding hydrogens is 140 g/mol. The summed E-state index contributed by atoms with van der Waals surface area (Å²) < 4.78 is 0. The molecule has 0 spiro atoms. The van der Waals surface area contributed by atoms with Crippen molar-refractivity contribution in [2.24, 2.45) is 17.8 Å². The molecule has 0 aromatic rings. The Bertz CT molecular complexity index is 92.9. The van der Waals surface area contributed by atoms with E-state index in [0.29, 0.717) is 0 Å². The maximum absolute atomic E-state index is 2.35. The molecule has 0 unspecified atom stereocenters. The Labute approximate surface area is 68.8 Å². The standard InChI is InChI=1S/C9H18S/c1-7(2)9-4-8(5-9)6-10-3/h7-9H,4-6H2,1-3H3/t8-,9+. The lowest BCUT2D eigenvalue weighted by Gasteiger charge is -2.37. The van der Waals surface area contributed by atoms with Gasteiger partial charge >= 0.3 is 0 Å². The van der Waals surface area contributed by atoms with Crippen molar-refractivity contribution in [2.45, 2.75) is 26.7 Å². The Morgan fingerprint density at radius 2 is 2.00 bits per heavy atom. The number of thioether (sulfide) groups is 1. The molecular formula is C9H18S. The summed E-state index contributed by atoms with van der Waals surface area (Å²) in [6.07, 6.45) is 5.21. The highest BCUT2D eigenvalue weighted by Crippen LogP contribution is 2.39. The van der Waals surface area contributed by atoms with Crippen molar-refractivity contribution in [1.29, 1.82) is 0 Å². The maximum Gasteiger partial charge on any atom is -0.00417 e. The second-order valence-corrected chi connectivity index (χ2v) is 4.71. The van der Waals surface area contributed by atoms with Gasteiger partial charge in [0.25, 0.3) is 0 Å². The monoisotopic (exact) mass is 158 g/mol. The van der Waals surface area contributed by atoms with Crippen molar-refractivity contribution in [3.05, 3.63) is 0 Å². The van der Waals surface area contributed by atoms with Gasteiger partial charge in [0.2, 0.25) is 0 Å². The fraction of sp³-hybridized carbons (Fsp3) is 1.00. The summed E-state index contributed by atoms with van der Waals surface area (Å²) in [5.41, 5.74) is 0. The quantitative estimate of drug-likeness (QED) is 0.608. The van der Waals surface area contributed by atoms with Crippen LogP contribution in [0.4, 0.5) is 0 Å². The second kappa shape index (κ2) is 3.66. The van der Waals surface area contributed by atoms with Crippen molar-refractivity contribution in [1.82, 2.24) is 0 Å². The molecule has 1 heteroatoms. The summed E-state index contributed by atoms with van der Waals surface area (Å²) >= 11 is 2.00. The zero-order chi connectivity index (χ0) is 7.56. The third-order valence-electron chi connectivity index (χ3n) is 2.62. The summed E-state index contributed by atoms with van der Waals surface area (Å²) in [6.45, 7) is 4.69. The van der Waals surface area contributed by atoms with Gasteiger partial charge in [-0.2, -0.15) is 11.8 Å². The van der Waals surface area contributed by atoms with Crippen LogP contribution in [0, 0.1) is 17.8 Å². The van der Waals surface area contributed by atoms with Gasteiger partial charge in [-0.1, -0.05) is 13.8 Å². The van der Waals surface area contributed by atoms with E-state index in [2.05, 4.69) is 20.1 Å². The van der Waals surface area contributed by atoms with E-state index in [-0.39, 0.29) is 0 Å². The van der Waals surface area contributed by atoms with Crippen LogP contribution in [0.15, 0.2) is 0 Å². The van der Waals surface area contributed by atoms with Crippen LogP contribution in [-0.2, 0) is 0 Å². The molecule has 0 N–H and O–H groups in total. The van der Waals surface area contributed by atoms with Crippen LogP contribution in [-0.4, -0.2) is 12.0 Å². The van der Waals surface area contributed by atoms with Crippen LogP contribution in [0.1, 0.15) is 26.7 Å². The molecule has 0 saturated heterocycles. The summed E-state index contributed by atoms with van der Waals surface area (Å²) in [5.74, 6) is 4.43. The largest absolute Gasteiger partial charge is 0.165 e. The molecule has 1 aliphatic carbocycles. The first-order valence-electron chi connectivity index (χ1n) is 4.23. The smallest absolute Gasteiger partial charge is 0.00417 e. The van der Waals surface area contributed by atoms with E-state index in [1.165, 1.54) is 18.6 Å². The van der Waals surface area contributed by atoms with Gasteiger partial charge < -0.3 is 0 Å². The van der Waals surface area contributed by atoms with Gasteiger partial charge in [-0.05, 0) is 42.6 Å². The minimum Gasteiger partial charge on any atom is -0.165 e. The Balaban J connectivity index is 2.06. The van der Waals surface area contributed by atoms with E-state index in [0.717, 1.165) is 17.8 Å². The molecule has 1 aliphatic rings. The van der Waals surface area contributed by atoms with E-state index in [4.69, 9.17) is 0 Å². The Morgan fingerprint density at radius 1 is 1.40 bits per heavy atom. The van der Waals surface area contributed by atoms with Gasteiger partial charge in [0.15, 0.2) is 0 Å². The second-order valence-electron chi connectivity index (χ2n) is 3.80. The zero-order valence-corrected chi connectivity index (χ0v) is 8.08. The molecule has 60 valence electrons. The lowest BCUT2D eigenvalue weighted by molar-refractivity contribution is 0.160. The topological polar surface area (TPSA) is 0 Å². The van der Waals surface area contributed by atoms with Crippen molar-refractivity contribution >= 4 is 11.8 Å². The molecule has 1 fully saturated rings. The molecule has 1 rings (SSSR count). The van der Waals surface area contributed by atoms with Gasteiger partial charge in [0, 0.05) is 0 Å². The average molecular weight is 158 g/mol. The van der Waals surface area contributed by atoms with Crippen LogP contribution in [0.5, 0.6) is 0 Å². The molecule has 0 aliphatic heterocycles. The first-order chi connectivity index (χ1) is 4.74. The van der Waals surface area contributed by atoms with Crippen LogP contribution >= 0.6 is 11.8 Å². The van der Waals surface area contributed by atoms with Crippen molar-refractivity contribution in [3.63, 3.8) is 0 Å². The van der Waals surface area contributed by atoms with Crippen LogP contribution in [0.2, 0.25) is 0 Å². The molecule has 0 heterocycles. The van der Waals surface area contributed by atoms with Gasteiger partial charge in [0.05, 0.1) is 0 Å². The Morgan fingerprint density at radius 3 is 2.40 bits per heavy atom. The first-order valence-corrected chi connectivity index (χ1v) is 5.62.